The van der Waals surface area contributed by atoms with Crippen molar-refractivity contribution in [2.24, 2.45) is 5.92 Å². The van der Waals surface area contributed by atoms with Gasteiger partial charge in [0, 0.05) is 45.2 Å². The highest BCUT2D eigenvalue weighted by atomic mass is 16.5. The van der Waals surface area contributed by atoms with Crippen molar-refractivity contribution in [3.8, 4) is 5.75 Å². The van der Waals surface area contributed by atoms with Crippen molar-refractivity contribution in [1.82, 2.24) is 9.80 Å². The largest absolute Gasteiger partial charge is 0.493 e. The number of aryl methyl sites for hydroxylation is 1. The quantitative estimate of drug-likeness (QED) is 0.418. The Morgan fingerprint density at radius 2 is 1.48 bits per heavy atom. The van der Waals surface area contributed by atoms with Gasteiger partial charge in [0.15, 0.2) is 0 Å². The Morgan fingerprint density at radius 3 is 2.15 bits per heavy atom. The molecule has 2 aliphatic heterocycles. The molecular formula is C34H42N2O4. The molecule has 6 nitrogen and oxygen atoms in total. The molecule has 40 heavy (non-hydrogen) atoms. The van der Waals surface area contributed by atoms with Crippen LogP contribution in [0.4, 0.5) is 0 Å². The SMILES string of the molecule is C1=CC(C2=C(c3ccccc3)CCc3cc(OCCN4CCOCC4)ccc32)CC=C1OCCN1CCOCC1. The van der Waals surface area contributed by atoms with E-state index >= 15 is 0 Å². The molecule has 4 aliphatic rings. The van der Waals surface area contributed by atoms with Crippen molar-refractivity contribution in [2.75, 3.05) is 78.9 Å². The molecule has 2 fully saturated rings. The van der Waals surface area contributed by atoms with Crippen LogP contribution < -0.4 is 4.74 Å². The van der Waals surface area contributed by atoms with Crippen molar-refractivity contribution >= 4 is 11.1 Å². The van der Waals surface area contributed by atoms with E-state index in [9.17, 15) is 0 Å². The smallest absolute Gasteiger partial charge is 0.119 e. The van der Waals surface area contributed by atoms with Crippen LogP contribution in [-0.4, -0.2) is 88.7 Å². The highest BCUT2D eigenvalue weighted by molar-refractivity contribution is 5.95. The lowest BCUT2D eigenvalue weighted by Gasteiger charge is -2.30. The topological polar surface area (TPSA) is 43.4 Å². The molecule has 0 bridgehead atoms. The lowest BCUT2D eigenvalue weighted by molar-refractivity contribution is 0.0280. The van der Waals surface area contributed by atoms with Crippen molar-refractivity contribution in [1.29, 1.82) is 0 Å². The molecule has 1 unspecified atom stereocenters. The predicted molar refractivity (Wildman–Crippen MR) is 159 cm³/mol. The second-order valence-corrected chi connectivity index (χ2v) is 11.0. The van der Waals surface area contributed by atoms with E-state index in [4.69, 9.17) is 18.9 Å². The molecule has 212 valence electrons. The molecule has 0 saturated carbocycles. The Bertz CT molecular complexity index is 1210. The second-order valence-electron chi connectivity index (χ2n) is 11.0. The third-order valence-corrected chi connectivity index (χ3v) is 8.46. The first kappa shape index (κ1) is 27.3. The number of nitrogens with zero attached hydrogens (tertiary/aromatic N) is 2. The van der Waals surface area contributed by atoms with Gasteiger partial charge in [-0.3, -0.25) is 9.80 Å². The Hall–Kier alpha value is -2.90. The zero-order valence-electron chi connectivity index (χ0n) is 23.6. The minimum Gasteiger partial charge on any atom is -0.493 e. The average molecular weight is 543 g/mol. The van der Waals surface area contributed by atoms with Gasteiger partial charge < -0.3 is 18.9 Å². The van der Waals surface area contributed by atoms with Gasteiger partial charge in [0.05, 0.1) is 26.4 Å². The normalized spacial score (nSPS) is 22.1. The fraction of sp³-hybridized carbons (Fsp3) is 0.471. The molecule has 6 heteroatoms. The van der Waals surface area contributed by atoms with Crippen LogP contribution in [0.25, 0.3) is 11.1 Å². The fourth-order valence-electron chi connectivity index (χ4n) is 6.21. The zero-order valence-corrected chi connectivity index (χ0v) is 23.6. The van der Waals surface area contributed by atoms with Gasteiger partial charge in [-0.1, -0.05) is 42.5 Å². The maximum absolute atomic E-state index is 6.21. The number of allylic oxidation sites excluding steroid dienone is 5. The van der Waals surface area contributed by atoms with E-state index < -0.39 is 0 Å². The van der Waals surface area contributed by atoms with Crippen molar-refractivity contribution < 1.29 is 18.9 Å². The van der Waals surface area contributed by atoms with Crippen LogP contribution >= 0.6 is 0 Å². The van der Waals surface area contributed by atoms with Crippen molar-refractivity contribution in [3.05, 3.63) is 89.2 Å². The highest BCUT2D eigenvalue weighted by Gasteiger charge is 2.26. The number of benzene rings is 2. The zero-order chi connectivity index (χ0) is 27.0. The molecular weight excluding hydrogens is 500 g/mol. The summed E-state index contributed by atoms with van der Waals surface area (Å²) in [5.74, 6) is 2.30. The molecule has 6 rings (SSSR count). The lowest BCUT2D eigenvalue weighted by Crippen LogP contribution is -2.38. The van der Waals surface area contributed by atoms with Crippen LogP contribution in [-0.2, 0) is 20.6 Å². The van der Waals surface area contributed by atoms with Crippen molar-refractivity contribution in [2.45, 2.75) is 19.3 Å². The molecule has 2 aliphatic carbocycles. The molecule has 1 atom stereocenters. The molecule has 0 spiro atoms. The number of morpholine rings is 2. The summed E-state index contributed by atoms with van der Waals surface area (Å²) in [7, 11) is 0. The fourth-order valence-corrected chi connectivity index (χ4v) is 6.21. The van der Waals surface area contributed by atoms with Crippen molar-refractivity contribution in [3.63, 3.8) is 0 Å². The predicted octanol–water partition coefficient (Wildman–Crippen LogP) is 5.06. The average Bonchev–Trinajstić information content (AvgIpc) is 3.02. The second kappa shape index (κ2) is 13.6. The minimum atomic E-state index is 0.328. The van der Waals surface area contributed by atoms with Gasteiger partial charge in [0.1, 0.15) is 24.7 Å². The molecule has 0 aromatic heterocycles. The summed E-state index contributed by atoms with van der Waals surface area (Å²) in [5.41, 5.74) is 7.01. The molecule has 2 saturated heterocycles. The number of ether oxygens (including phenoxy) is 4. The lowest BCUT2D eigenvalue weighted by atomic mass is 9.75. The molecule has 2 aromatic rings. The van der Waals surface area contributed by atoms with E-state index in [1.165, 1.54) is 27.8 Å². The van der Waals surface area contributed by atoms with Crippen LogP contribution in [0.2, 0.25) is 0 Å². The molecule has 2 aromatic carbocycles. The van der Waals surface area contributed by atoms with Gasteiger partial charge in [0.2, 0.25) is 0 Å². The van der Waals surface area contributed by atoms with Crippen LogP contribution in [0.1, 0.15) is 29.5 Å². The Balaban J connectivity index is 1.15. The summed E-state index contributed by atoms with van der Waals surface area (Å²) in [4.78, 5) is 4.83. The van der Waals surface area contributed by atoms with Gasteiger partial charge in [-0.2, -0.15) is 0 Å². The van der Waals surface area contributed by atoms with Gasteiger partial charge in [0.25, 0.3) is 0 Å². The van der Waals surface area contributed by atoms with Gasteiger partial charge >= 0.3 is 0 Å². The molecule has 0 amide bonds. The third kappa shape index (κ3) is 6.87. The van der Waals surface area contributed by atoms with E-state index in [1.54, 1.807) is 0 Å². The standard InChI is InChI=1S/C34H42N2O4/c1-2-4-27(5-3-1)32-12-8-29-26-31(40-25-19-36-16-22-38-23-17-36)11-13-33(29)34(32)28-6-9-30(10-7-28)39-24-18-35-14-20-37-21-15-35/h1-6,9-11,13,26,28H,7-8,12,14-25H2. The number of hydrogen-bond acceptors (Lipinski definition) is 6. The van der Waals surface area contributed by atoms with E-state index in [0.29, 0.717) is 12.5 Å². The van der Waals surface area contributed by atoms with E-state index in [2.05, 4.69) is 76.6 Å². The first-order chi connectivity index (χ1) is 19.8. The molecule has 0 N–H and O–H groups in total. The summed E-state index contributed by atoms with van der Waals surface area (Å²) in [6.45, 7) is 10.6. The minimum absolute atomic E-state index is 0.328. The molecule has 2 heterocycles. The van der Waals surface area contributed by atoms with Crippen LogP contribution in [0.5, 0.6) is 5.75 Å². The van der Waals surface area contributed by atoms with Gasteiger partial charge in [-0.15, -0.1) is 0 Å². The summed E-state index contributed by atoms with van der Waals surface area (Å²) in [6, 6.07) is 17.6. The Morgan fingerprint density at radius 1 is 0.775 bits per heavy atom. The highest BCUT2D eigenvalue weighted by Crippen LogP contribution is 2.44. The first-order valence-corrected chi connectivity index (χ1v) is 15.0. The van der Waals surface area contributed by atoms with E-state index in [-0.39, 0.29) is 0 Å². The van der Waals surface area contributed by atoms with E-state index in [1.807, 2.05) is 0 Å². The van der Waals surface area contributed by atoms with Gasteiger partial charge in [-0.05, 0) is 71.4 Å². The van der Waals surface area contributed by atoms with Crippen LogP contribution in [0.3, 0.4) is 0 Å². The summed E-state index contributed by atoms with van der Waals surface area (Å²) < 4.78 is 23.3. The third-order valence-electron chi connectivity index (χ3n) is 8.46. The Labute approximate surface area is 238 Å². The number of fused-ring (bicyclic) bond motifs is 1. The van der Waals surface area contributed by atoms with E-state index in [0.717, 1.165) is 103 Å². The number of hydrogen-bond donors (Lipinski definition) is 0. The monoisotopic (exact) mass is 542 g/mol. The summed E-state index contributed by atoms with van der Waals surface area (Å²) in [5, 5.41) is 0. The molecule has 0 radical (unpaired) electrons. The maximum atomic E-state index is 6.21. The van der Waals surface area contributed by atoms with Crippen LogP contribution in [0, 0.1) is 5.92 Å². The van der Waals surface area contributed by atoms with Crippen LogP contribution in [0.15, 0.2) is 72.5 Å². The summed E-state index contributed by atoms with van der Waals surface area (Å²) in [6.07, 6.45) is 9.83. The number of rotatable bonds is 10. The Kier molecular flexibility index (Phi) is 9.30. The maximum Gasteiger partial charge on any atom is 0.119 e. The van der Waals surface area contributed by atoms with Gasteiger partial charge in [-0.25, -0.2) is 0 Å². The first-order valence-electron chi connectivity index (χ1n) is 15.0. The summed E-state index contributed by atoms with van der Waals surface area (Å²) >= 11 is 0.